The minimum Gasteiger partial charge on any atom is -0.444 e. The van der Waals surface area contributed by atoms with Gasteiger partial charge in [-0.15, -0.1) is 0 Å². The Hall–Kier alpha value is -2.10. The monoisotopic (exact) mass is 275 g/mol. The van der Waals surface area contributed by atoms with Gasteiger partial charge < -0.3 is 4.74 Å². The van der Waals surface area contributed by atoms with Crippen LogP contribution < -0.4 is 5.32 Å². The first-order valence-electron chi connectivity index (χ1n) is 6.47. The molecule has 1 rings (SSSR count). The van der Waals surface area contributed by atoms with Crippen molar-refractivity contribution in [3.05, 3.63) is 41.5 Å². The van der Waals surface area contributed by atoms with E-state index >= 15 is 0 Å². The van der Waals surface area contributed by atoms with Gasteiger partial charge in [0.15, 0.2) is 5.78 Å². The van der Waals surface area contributed by atoms with Gasteiger partial charge in [0, 0.05) is 11.3 Å². The molecule has 0 saturated carbocycles. The minimum atomic E-state index is -0.556. The summed E-state index contributed by atoms with van der Waals surface area (Å²) in [5, 5.41) is 2.61. The molecule has 0 aromatic heterocycles. The molecule has 1 N–H and O–H groups in total. The van der Waals surface area contributed by atoms with Crippen LogP contribution in [0.15, 0.2) is 35.9 Å². The Labute approximate surface area is 119 Å². The number of carbonyl (C=O) groups excluding carboxylic acids is 2. The largest absolute Gasteiger partial charge is 0.444 e. The lowest BCUT2D eigenvalue weighted by atomic mass is 10.1. The van der Waals surface area contributed by atoms with Crippen molar-refractivity contribution < 1.29 is 14.3 Å². The van der Waals surface area contributed by atoms with Gasteiger partial charge in [0.05, 0.1) is 0 Å². The predicted octanol–water partition coefficient (Wildman–Crippen LogP) is 4.18. The summed E-state index contributed by atoms with van der Waals surface area (Å²) < 4.78 is 5.16. The number of amides is 1. The topological polar surface area (TPSA) is 55.4 Å². The number of hydrogen-bond acceptors (Lipinski definition) is 3. The van der Waals surface area contributed by atoms with Gasteiger partial charge in [0.2, 0.25) is 0 Å². The van der Waals surface area contributed by atoms with Gasteiger partial charge in [0.25, 0.3) is 0 Å². The summed E-state index contributed by atoms with van der Waals surface area (Å²) in [7, 11) is 0. The first-order chi connectivity index (χ1) is 9.17. The second kappa shape index (κ2) is 6.37. The van der Waals surface area contributed by atoms with Crippen molar-refractivity contribution in [1.82, 2.24) is 0 Å². The summed E-state index contributed by atoms with van der Waals surface area (Å²) >= 11 is 0. The van der Waals surface area contributed by atoms with E-state index in [4.69, 9.17) is 4.74 Å². The van der Waals surface area contributed by atoms with E-state index in [0.717, 1.165) is 5.57 Å². The summed E-state index contributed by atoms with van der Waals surface area (Å²) in [6, 6.07) is 6.77. The fraction of sp³-hybridized carbons (Fsp3) is 0.375. The third-order valence-electron chi connectivity index (χ3n) is 2.21. The van der Waals surface area contributed by atoms with Crippen LogP contribution in [0.3, 0.4) is 0 Å². The van der Waals surface area contributed by atoms with Crippen molar-refractivity contribution in [2.24, 2.45) is 0 Å². The van der Waals surface area contributed by atoms with Crippen molar-refractivity contribution in [2.45, 2.75) is 40.2 Å². The fourth-order valence-electron chi connectivity index (χ4n) is 1.52. The molecule has 4 heteroatoms. The van der Waals surface area contributed by atoms with Gasteiger partial charge in [0.1, 0.15) is 5.60 Å². The van der Waals surface area contributed by atoms with Gasteiger partial charge in [-0.1, -0.05) is 17.7 Å². The highest BCUT2D eigenvalue weighted by atomic mass is 16.6. The lowest BCUT2D eigenvalue weighted by molar-refractivity contribution is 0.0635. The lowest BCUT2D eigenvalue weighted by Gasteiger charge is -2.19. The van der Waals surface area contributed by atoms with Gasteiger partial charge in [-0.25, -0.2) is 4.79 Å². The van der Waals surface area contributed by atoms with Crippen LogP contribution in [0, 0.1) is 0 Å². The normalized spacial score (nSPS) is 10.7. The molecule has 0 aliphatic carbocycles. The zero-order valence-electron chi connectivity index (χ0n) is 12.6. The number of ketones is 1. The number of benzene rings is 1. The third kappa shape index (κ3) is 5.69. The van der Waals surface area contributed by atoms with Crippen molar-refractivity contribution in [3.63, 3.8) is 0 Å². The van der Waals surface area contributed by atoms with Crippen molar-refractivity contribution in [2.75, 3.05) is 5.32 Å². The second-order valence-electron chi connectivity index (χ2n) is 5.79. The number of rotatable bonds is 3. The van der Waals surface area contributed by atoms with Crippen LogP contribution in [-0.4, -0.2) is 17.5 Å². The SMILES string of the molecule is CC(C)=CC(=O)c1cccc(NC(=O)OC(C)(C)C)c1. The van der Waals surface area contributed by atoms with E-state index in [-0.39, 0.29) is 5.78 Å². The summed E-state index contributed by atoms with van der Waals surface area (Å²) in [4.78, 5) is 23.6. The number of allylic oxidation sites excluding steroid dienone is 2. The van der Waals surface area contributed by atoms with Crippen LogP contribution in [0.25, 0.3) is 0 Å². The maximum absolute atomic E-state index is 11.9. The van der Waals surface area contributed by atoms with E-state index in [1.807, 2.05) is 13.8 Å². The molecule has 0 spiro atoms. The zero-order chi connectivity index (χ0) is 15.3. The van der Waals surface area contributed by atoms with Gasteiger partial charge in [-0.05, 0) is 52.8 Å². The Morgan fingerprint density at radius 3 is 2.40 bits per heavy atom. The second-order valence-corrected chi connectivity index (χ2v) is 5.79. The average Bonchev–Trinajstić information content (AvgIpc) is 2.25. The molecule has 1 aromatic carbocycles. The maximum atomic E-state index is 11.9. The van der Waals surface area contributed by atoms with Gasteiger partial charge >= 0.3 is 6.09 Å². The molecular weight excluding hydrogens is 254 g/mol. The van der Waals surface area contributed by atoms with E-state index in [1.54, 1.807) is 51.1 Å². The molecule has 20 heavy (non-hydrogen) atoms. The predicted molar refractivity (Wildman–Crippen MR) is 80.1 cm³/mol. The van der Waals surface area contributed by atoms with Gasteiger partial charge in [-0.2, -0.15) is 0 Å². The summed E-state index contributed by atoms with van der Waals surface area (Å²) in [5.74, 6) is -0.0853. The van der Waals surface area contributed by atoms with Crippen molar-refractivity contribution in [3.8, 4) is 0 Å². The number of ether oxygens (including phenoxy) is 1. The summed E-state index contributed by atoms with van der Waals surface area (Å²) in [5.41, 5.74) is 1.44. The Balaban J connectivity index is 2.81. The Bertz CT molecular complexity index is 535. The van der Waals surface area contributed by atoms with Crippen LogP contribution in [0.1, 0.15) is 45.0 Å². The Kier molecular flexibility index (Phi) is 5.08. The molecule has 0 saturated heterocycles. The van der Waals surface area contributed by atoms with Crippen LogP contribution in [0.5, 0.6) is 0 Å². The molecule has 0 fully saturated rings. The molecule has 0 heterocycles. The maximum Gasteiger partial charge on any atom is 0.412 e. The molecule has 0 radical (unpaired) electrons. The Morgan fingerprint density at radius 1 is 1.20 bits per heavy atom. The van der Waals surface area contributed by atoms with E-state index in [1.165, 1.54) is 0 Å². The zero-order valence-corrected chi connectivity index (χ0v) is 12.6. The highest BCUT2D eigenvalue weighted by molar-refractivity contribution is 6.05. The van der Waals surface area contributed by atoms with E-state index in [0.29, 0.717) is 11.3 Å². The van der Waals surface area contributed by atoms with Crippen LogP contribution >= 0.6 is 0 Å². The highest BCUT2D eigenvalue weighted by Gasteiger charge is 2.16. The Morgan fingerprint density at radius 2 is 1.85 bits per heavy atom. The lowest BCUT2D eigenvalue weighted by Crippen LogP contribution is -2.27. The molecule has 0 aliphatic rings. The molecule has 4 nitrogen and oxygen atoms in total. The molecule has 1 amide bonds. The fourth-order valence-corrected chi connectivity index (χ4v) is 1.52. The minimum absolute atomic E-state index is 0.0853. The van der Waals surface area contributed by atoms with Crippen molar-refractivity contribution >= 4 is 17.6 Å². The third-order valence-corrected chi connectivity index (χ3v) is 2.21. The highest BCUT2D eigenvalue weighted by Crippen LogP contribution is 2.14. The van der Waals surface area contributed by atoms with E-state index in [9.17, 15) is 9.59 Å². The summed E-state index contributed by atoms with van der Waals surface area (Å²) in [6.07, 6.45) is 1.02. The number of carbonyl (C=O) groups is 2. The first kappa shape index (κ1) is 16.0. The van der Waals surface area contributed by atoms with E-state index < -0.39 is 11.7 Å². The number of nitrogens with one attached hydrogen (secondary N) is 1. The standard InChI is InChI=1S/C16H21NO3/c1-11(2)9-14(18)12-7-6-8-13(10-12)17-15(19)20-16(3,4)5/h6-10H,1-5H3,(H,17,19). The van der Waals surface area contributed by atoms with Gasteiger partial charge in [-0.3, -0.25) is 10.1 Å². The number of hydrogen-bond donors (Lipinski definition) is 1. The molecule has 108 valence electrons. The molecule has 0 bridgehead atoms. The van der Waals surface area contributed by atoms with Crippen LogP contribution in [-0.2, 0) is 4.74 Å². The molecular formula is C16H21NO3. The van der Waals surface area contributed by atoms with Crippen LogP contribution in [0.4, 0.5) is 10.5 Å². The molecule has 0 atom stereocenters. The quantitative estimate of drug-likeness (QED) is 0.665. The molecule has 0 aliphatic heterocycles. The van der Waals surface area contributed by atoms with Crippen LogP contribution in [0.2, 0.25) is 0 Å². The summed E-state index contributed by atoms with van der Waals surface area (Å²) in [6.45, 7) is 9.10. The smallest absolute Gasteiger partial charge is 0.412 e. The first-order valence-corrected chi connectivity index (χ1v) is 6.47. The molecule has 0 unspecified atom stereocenters. The average molecular weight is 275 g/mol. The van der Waals surface area contributed by atoms with Crippen molar-refractivity contribution in [1.29, 1.82) is 0 Å². The molecule has 1 aromatic rings. The van der Waals surface area contributed by atoms with E-state index in [2.05, 4.69) is 5.32 Å². The number of anilines is 1.